The van der Waals surface area contributed by atoms with Crippen LogP contribution in [0.15, 0.2) is 12.2 Å². The Hall–Kier alpha value is -0.720. The normalized spacial score (nSPS) is 11.6. The van der Waals surface area contributed by atoms with E-state index in [1.807, 2.05) is 13.8 Å². The SMILES string of the molecule is C=C(C(=O)OCCOCCOP(=O)(O)O)C(C)C. The Bertz CT molecular complexity index is 320. The molecule has 7 nitrogen and oxygen atoms in total. The van der Waals surface area contributed by atoms with Gasteiger partial charge in [0.1, 0.15) is 6.61 Å². The minimum Gasteiger partial charge on any atom is -0.460 e. The molecule has 0 aromatic rings. The van der Waals surface area contributed by atoms with Crippen LogP contribution in [0, 0.1) is 5.92 Å². The van der Waals surface area contributed by atoms with Crippen molar-refractivity contribution >= 4 is 13.8 Å². The van der Waals surface area contributed by atoms with Crippen molar-refractivity contribution < 1.29 is 33.1 Å². The lowest BCUT2D eigenvalue weighted by molar-refractivity contribution is -0.141. The van der Waals surface area contributed by atoms with Crippen molar-refractivity contribution in [1.82, 2.24) is 0 Å². The molecule has 0 radical (unpaired) electrons. The van der Waals surface area contributed by atoms with E-state index in [1.165, 1.54) is 0 Å². The van der Waals surface area contributed by atoms with Gasteiger partial charge in [0.25, 0.3) is 0 Å². The highest BCUT2D eigenvalue weighted by Gasteiger charge is 2.13. The largest absolute Gasteiger partial charge is 0.469 e. The van der Waals surface area contributed by atoms with Crippen molar-refractivity contribution in [3.05, 3.63) is 12.2 Å². The molecule has 0 aromatic heterocycles. The molecule has 18 heavy (non-hydrogen) atoms. The second-order valence-electron chi connectivity index (χ2n) is 3.75. The maximum atomic E-state index is 11.3. The number of hydrogen-bond acceptors (Lipinski definition) is 5. The lowest BCUT2D eigenvalue weighted by atomic mass is 10.1. The summed E-state index contributed by atoms with van der Waals surface area (Å²) in [4.78, 5) is 28.0. The molecule has 0 saturated carbocycles. The van der Waals surface area contributed by atoms with E-state index in [0.29, 0.717) is 5.57 Å². The smallest absolute Gasteiger partial charge is 0.460 e. The zero-order chi connectivity index (χ0) is 14.2. The lowest BCUT2D eigenvalue weighted by Crippen LogP contribution is -2.15. The Morgan fingerprint density at radius 3 is 2.28 bits per heavy atom. The van der Waals surface area contributed by atoms with Crippen LogP contribution in [0.3, 0.4) is 0 Å². The summed E-state index contributed by atoms with van der Waals surface area (Å²) in [5.41, 5.74) is 0.389. The van der Waals surface area contributed by atoms with Crippen molar-refractivity contribution in [2.24, 2.45) is 5.92 Å². The first-order valence-corrected chi connectivity index (χ1v) is 6.91. The molecule has 8 heteroatoms. The molecule has 0 rings (SSSR count). The molecule has 0 amide bonds. The predicted molar refractivity (Wildman–Crippen MR) is 63.8 cm³/mol. The summed E-state index contributed by atoms with van der Waals surface area (Å²) in [5, 5.41) is 0. The fourth-order valence-corrected chi connectivity index (χ4v) is 1.15. The number of esters is 1. The summed E-state index contributed by atoms with van der Waals surface area (Å²) in [6.45, 7) is 7.22. The summed E-state index contributed by atoms with van der Waals surface area (Å²) < 4.78 is 24.2. The number of phosphoric ester groups is 1. The number of ether oxygens (including phenoxy) is 2. The van der Waals surface area contributed by atoms with Crippen LogP contribution in [-0.2, 0) is 23.4 Å². The minimum atomic E-state index is -4.44. The predicted octanol–water partition coefficient (Wildman–Crippen LogP) is 0.868. The van der Waals surface area contributed by atoms with Crippen molar-refractivity contribution in [2.75, 3.05) is 26.4 Å². The van der Waals surface area contributed by atoms with Crippen LogP contribution in [0.5, 0.6) is 0 Å². The van der Waals surface area contributed by atoms with Gasteiger partial charge in [-0.3, -0.25) is 4.52 Å². The molecule has 0 heterocycles. The molecule has 0 aliphatic heterocycles. The summed E-state index contributed by atoms with van der Waals surface area (Å²) >= 11 is 0. The fourth-order valence-electron chi connectivity index (χ4n) is 0.839. The van der Waals surface area contributed by atoms with Crippen LogP contribution in [0.25, 0.3) is 0 Å². The highest BCUT2D eigenvalue weighted by Crippen LogP contribution is 2.35. The molecule has 0 atom stereocenters. The van der Waals surface area contributed by atoms with E-state index in [0.717, 1.165) is 0 Å². The topological polar surface area (TPSA) is 102 Å². The molecule has 0 spiro atoms. The van der Waals surface area contributed by atoms with Crippen LogP contribution < -0.4 is 0 Å². The molecule has 0 aromatic carbocycles. The first-order valence-electron chi connectivity index (χ1n) is 5.38. The third kappa shape index (κ3) is 9.32. The van der Waals surface area contributed by atoms with Gasteiger partial charge in [0.2, 0.25) is 0 Å². The number of rotatable bonds is 9. The third-order valence-electron chi connectivity index (χ3n) is 1.91. The zero-order valence-electron chi connectivity index (χ0n) is 10.5. The first-order chi connectivity index (χ1) is 8.24. The van der Waals surface area contributed by atoms with E-state index in [4.69, 9.17) is 19.3 Å². The minimum absolute atomic E-state index is 0.00773. The van der Waals surface area contributed by atoms with Gasteiger partial charge in [0.15, 0.2) is 0 Å². The second-order valence-corrected chi connectivity index (χ2v) is 4.99. The Labute approximate surface area is 106 Å². The Balaban J connectivity index is 3.49. The molecule has 0 fully saturated rings. The molecule has 2 N–H and O–H groups in total. The summed E-state index contributed by atoms with van der Waals surface area (Å²) in [6, 6.07) is 0. The summed E-state index contributed by atoms with van der Waals surface area (Å²) in [7, 11) is -4.44. The Kier molecular flexibility index (Phi) is 8.06. The number of carbonyl (C=O) groups is 1. The van der Waals surface area contributed by atoms with E-state index >= 15 is 0 Å². The molecule has 0 saturated heterocycles. The van der Waals surface area contributed by atoms with Gasteiger partial charge in [0, 0.05) is 5.57 Å². The molecule has 0 unspecified atom stereocenters. The highest BCUT2D eigenvalue weighted by atomic mass is 31.2. The average Bonchev–Trinajstić information content (AvgIpc) is 2.24. The average molecular weight is 282 g/mol. The van der Waals surface area contributed by atoms with Crippen LogP contribution in [0.4, 0.5) is 0 Å². The van der Waals surface area contributed by atoms with Gasteiger partial charge >= 0.3 is 13.8 Å². The van der Waals surface area contributed by atoms with Gasteiger partial charge in [-0.25, -0.2) is 9.36 Å². The van der Waals surface area contributed by atoms with Crippen LogP contribution >= 0.6 is 7.82 Å². The van der Waals surface area contributed by atoms with E-state index < -0.39 is 13.8 Å². The second kappa shape index (κ2) is 8.39. The van der Waals surface area contributed by atoms with Gasteiger partial charge in [-0.1, -0.05) is 20.4 Å². The van der Waals surface area contributed by atoms with E-state index in [1.54, 1.807) is 0 Å². The van der Waals surface area contributed by atoms with Gasteiger partial charge < -0.3 is 19.3 Å². The quantitative estimate of drug-likeness (QED) is 0.280. The van der Waals surface area contributed by atoms with Crippen molar-refractivity contribution in [3.8, 4) is 0 Å². The van der Waals surface area contributed by atoms with Gasteiger partial charge in [-0.05, 0) is 5.92 Å². The van der Waals surface area contributed by atoms with E-state index in [2.05, 4.69) is 11.1 Å². The zero-order valence-corrected chi connectivity index (χ0v) is 11.4. The third-order valence-corrected chi connectivity index (χ3v) is 2.43. The Morgan fingerprint density at radius 1 is 1.22 bits per heavy atom. The number of hydrogen-bond donors (Lipinski definition) is 2. The molecular weight excluding hydrogens is 263 g/mol. The first kappa shape index (κ1) is 17.3. The van der Waals surface area contributed by atoms with Crippen LogP contribution in [0.2, 0.25) is 0 Å². The van der Waals surface area contributed by atoms with Gasteiger partial charge in [-0.2, -0.15) is 0 Å². The number of phosphoric acid groups is 1. The van der Waals surface area contributed by atoms with E-state index in [9.17, 15) is 9.36 Å². The van der Waals surface area contributed by atoms with Gasteiger partial charge in [-0.15, -0.1) is 0 Å². The molecule has 0 aliphatic rings. The van der Waals surface area contributed by atoms with Crippen LogP contribution in [-0.4, -0.2) is 42.2 Å². The van der Waals surface area contributed by atoms with E-state index in [-0.39, 0.29) is 32.3 Å². The molecule has 0 aliphatic carbocycles. The summed E-state index contributed by atoms with van der Waals surface area (Å²) in [5.74, 6) is -0.449. The monoisotopic (exact) mass is 282 g/mol. The summed E-state index contributed by atoms with van der Waals surface area (Å²) in [6.07, 6.45) is 0. The maximum Gasteiger partial charge on any atom is 0.469 e. The maximum absolute atomic E-state index is 11.3. The van der Waals surface area contributed by atoms with Crippen LogP contribution in [0.1, 0.15) is 13.8 Å². The number of carbonyl (C=O) groups excluding carboxylic acids is 1. The highest BCUT2D eigenvalue weighted by molar-refractivity contribution is 7.46. The molecular formula is C10H19O7P. The molecule has 0 bridgehead atoms. The van der Waals surface area contributed by atoms with Crippen molar-refractivity contribution in [1.29, 1.82) is 0 Å². The van der Waals surface area contributed by atoms with Crippen molar-refractivity contribution in [3.63, 3.8) is 0 Å². The molecule has 106 valence electrons. The fraction of sp³-hybridized carbons (Fsp3) is 0.700. The lowest BCUT2D eigenvalue weighted by Gasteiger charge is -2.10. The standard InChI is InChI=1S/C10H19O7P/c1-8(2)9(3)10(11)16-6-4-15-5-7-17-18(12,13)14/h8H,3-7H2,1-2H3,(H2,12,13,14). The van der Waals surface area contributed by atoms with Crippen molar-refractivity contribution in [2.45, 2.75) is 13.8 Å². The Morgan fingerprint density at radius 2 is 1.78 bits per heavy atom. The van der Waals surface area contributed by atoms with Gasteiger partial charge in [0.05, 0.1) is 19.8 Å².